The molecule has 0 saturated carbocycles. The molecule has 0 amide bonds. The van der Waals surface area contributed by atoms with E-state index < -0.39 is 0 Å². The largest absolute Gasteiger partial charge is 0.0999 e. The van der Waals surface area contributed by atoms with Crippen LogP contribution in [-0.4, -0.2) is 0 Å². The van der Waals surface area contributed by atoms with Crippen molar-refractivity contribution in [2.75, 3.05) is 0 Å². The molecule has 0 aromatic heterocycles. The summed E-state index contributed by atoms with van der Waals surface area (Å²) in [6, 6.07) is 0. The van der Waals surface area contributed by atoms with E-state index in [9.17, 15) is 0 Å². The van der Waals surface area contributed by atoms with Crippen LogP contribution in [0.15, 0.2) is 12.2 Å². The van der Waals surface area contributed by atoms with Crippen molar-refractivity contribution in [3.8, 4) is 0 Å². The minimum atomic E-state index is 0.699. The number of rotatable bonds is 3. The third-order valence-electron chi connectivity index (χ3n) is 1.67. The Hall–Kier alpha value is -0.260. The summed E-state index contributed by atoms with van der Waals surface area (Å²) in [4.78, 5) is 0. The molecule has 54 valence electrons. The Labute approximate surface area is 59.0 Å². The van der Waals surface area contributed by atoms with Crippen LogP contribution in [0.3, 0.4) is 0 Å². The summed E-state index contributed by atoms with van der Waals surface area (Å²) < 4.78 is 0. The quantitative estimate of drug-likeness (QED) is 0.509. The van der Waals surface area contributed by atoms with Crippen LogP contribution in [0.4, 0.5) is 0 Å². The number of allylic oxidation sites excluding steroid dienone is 1. The molecule has 0 N–H and O–H groups in total. The van der Waals surface area contributed by atoms with Crippen LogP contribution >= 0.6 is 0 Å². The molecule has 0 rings (SSSR count). The fourth-order valence-electron chi connectivity index (χ4n) is 0.908. The molecular formula is C9H18. The average Bonchev–Trinajstić information content (AvgIpc) is 1.63. The molecular weight excluding hydrogens is 108 g/mol. The molecule has 0 fully saturated rings. The van der Waals surface area contributed by atoms with Crippen molar-refractivity contribution in [3.05, 3.63) is 12.2 Å². The molecule has 1 atom stereocenters. The van der Waals surface area contributed by atoms with Gasteiger partial charge in [0, 0.05) is 0 Å². The highest BCUT2D eigenvalue weighted by Crippen LogP contribution is 2.16. The maximum absolute atomic E-state index is 3.91. The first-order valence-electron chi connectivity index (χ1n) is 3.69. The van der Waals surface area contributed by atoms with Crippen molar-refractivity contribution < 1.29 is 0 Å². The maximum atomic E-state index is 3.91. The summed E-state index contributed by atoms with van der Waals surface area (Å²) in [5.41, 5.74) is 1.31. The van der Waals surface area contributed by atoms with E-state index in [-0.39, 0.29) is 0 Å². The summed E-state index contributed by atoms with van der Waals surface area (Å²) in [5, 5.41) is 0. The lowest BCUT2D eigenvalue weighted by Gasteiger charge is -2.12. The fraction of sp³-hybridized carbons (Fsp3) is 0.778. The van der Waals surface area contributed by atoms with Crippen molar-refractivity contribution in [3.63, 3.8) is 0 Å². The van der Waals surface area contributed by atoms with Crippen LogP contribution in [0.2, 0.25) is 0 Å². The first kappa shape index (κ1) is 8.74. The second-order valence-electron chi connectivity index (χ2n) is 3.38. The Morgan fingerprint density at radius 1 is 1.33 bits per heavy atom. The SMILES string of the molecule is C=C(C)[C@@H](C)CC(C)C. The molecule has 0 bridgehead atoms. The first-order chi connectivity index (χ1) is 4.04. The predicted molar refractivity (Wildman–Crippen MR) is 43.4 cm³/mol. The summed E-state index contributed by atoms with van der Waals surface area (Å²) in [7, 11) is 0. The van der Waals surface area contributed by atoms with E-state index in [1.807, 2.05) is 0 Å². The minimum absolute atomic E-state index is 0.699. The molecule has 0 aromatic rings. The Kier molecular flexibility index (Phi) is 3.60. The van der Waals surface area contributed by atoms with Gasteiger partial charge in [0.15, 0.2) is 0 Å². The number of hydrogen-bond acceptors (Lipinski definition) is 0. The highest BCUT2D eigenvalue weighted by atomic mass is 14.1. The minimum Gasteiger partial charge on any atom is -0.0999 e. The van der Waals surface area contributed by atoms with Crippen LogP contribution in [0.1, 0.15) is 34.1 Å². The van der Waals surface area contributed by atoms with E-state index in [0.717, 1.165) is 5.92 Å². The lowest BCUT2D eigenvalue weighted by molar-refractivity contribution is 0.487. The van der Waals surface area contributed by atoms with Gasteiger partial charge in [-0.05, 0) is 25.2 Å². The summed E-state index contributed by atoms with van der Waals surface area (Å²) in [6.45, 7) is 12.7. The highest BCUT2D eigenvalue weighted by molar-refractivity contribution is 4.93. The topological polar surface area (TPSA) is 0 Å². The van der Waals surface area contributed by atoms with Crippen LogP contribution < -0.4 is 0 Å². The van der Waals surface area contributed by atoms with Crippen molar-refractivity contribution in [2.45, 2.75) is 34.1 Å². The lowest BCUT2D eigenvalue weighted by atomic mass is 9.94. The van der Waals surface area contributed by atoms with Crippen molar-refractivity contribution in [1.29, 1.82) is 0 Å². The van der Waals surface area contributed by atoms with E-state index in [0.29, 0.717) is 5.92 Å². The van der Waals surface area contributed by atoms with Gasteiger partial charge in [-0.2, -0.15) is 0 Å². The maximum Gasteiger partial charge on any atom is -0.0235 e. The second-order valence-corrected chi connectivity index (χ2v) is 3.38. The van der Waals surface area contributed by atoms with E-state index in [1.165, 1.54) is 12.0 Å². The van der Waals surface area contributed by atoms with E-state index in [1.54, 1.807) is 0 Å². The summed E-state index contributed by atoms with van der Waals surface area (Å²) in [5.74, 6) is 1.50. The zero-order valence-corrected chi connectivity index (χ0v) is 7.07. The van der Waals surface area contributed by atoms with Gasteiger partial charge in [-0.1, -0.05) is 32.9 Å². The van der Waals surface area contributed by atoms with Crippen molar-refractivity contribution >= 4 is 0 Å². The standard InChI is InChI=1S/C9H18/c1-7(2)6-9(5)8(3)4/h7,9H,3,6H2,1-2,4-5H3/t9-/m0/s1. The molecule has 0 aliphatic heterocycles. The van der Waals surface area contributed by atoms with Crippen LogP contribution in [0, 0.1) is 11.8 Å². The second kappa shape index (κ2) is 3.71. The smallest absolute Gasteiger partial charge is 0.0235 e. The lowest BCUT2D eigenvalue weighted by Crippen LogP contribution is -1.99. The molecule has 0 saturated heterocycles. The molecule has 0 heteroatoms. The first-order valence-corrected chi connectivity index (χ1v) is 3.69. The monoisotopic (exact) mass is 126 g/mol. The molecule has 0 aliphatic carbocycles. The van der Waals surface area contributed by atoms with Gasteiger partial charge < -0.3 is 0 Å². The zero-order valence-electron chi connectivity index (χ0n) is 7.07. The number of hydrogen-bond donors (Lipinski definition) is 0. The van der Waals surface area contributed by atoms with E-state index in [4.69, 9.17) is 0 Å². The Morgan fingerprint density at radius 2 is 1.78 bits per heavy atom. The van der Waals surface area contributed by atoms with Crippen molar-refractivity contribution in [2.24, 2.45) is 11.8 Å². The molecule has 0 nitrogen and oxygen atoms in total. The van der Waals surface area contributed by atoms with Gasteiger partial charge in [0.1, 0.15) is 0 Å². The van der Waals surface area contributed by atoms with Crippen molar-refractivity contribution in [1.82, 2.24) is 0 Å². The third-order valence-corrected chi connectivity index (χ3v) is 1.67. The molecule has 0 radical (unpaired) electrons. The third kappa shape index (κ3) is 4.26. The predicted octanol–water partition coefficient (Wildman–Crippen LogP) is 3.24. The average molecular weight is 126 g/mol. The van der Waals surface area contributed by atoms with Gasteiger partial charge in [-0.25, -0.2) is 0 Å². The molecule has 9 heavy (non-hydrogen) atoms. The fourth-order valence-corrected chi connectivity index (χ4v) is 0.908. The van der Waals surface area contributed by atoms with Gasteiger partial charge in [0.25, 0.3) is 0 Å². The molecule has 0 aliphatic rings. The summed E-state index contributed by atoms with van der Waals surface area (Å²) >= 11 is 0. The Morgan fingerprint density at radius 3 is 1.89 bits per heavy atom. The molecule has 0 aromatic carbocycles. The van der Waals surface area contributed by atoms with Gasteiger partial charge in [0.05, 0.1) is 0 Å². The molecule has 0 spiro atoms. The molecule has 0 heterocycles. The van der Waals surface area contributed by atoms with Gasteiger partial charge in [0.2, 0.25) is 0 Å². The van der Waals surface area contributed by atoms with Crippen LogP contribution in [-0.2, 0) is 0 Å². The van der Waals surface area contributed by atoms with Crippen LogP contribution in [0.25, 0.3) is 0 Å². The highest BCUT2D eigenvalue weighted by Gasteiger charge is 2.03. The van der Waals surface area contributed by atoms with Crippen LogP contribution in [0.5, 0.6) is 0 Å². The molecule has 0 unspecified atom stereocenters. The van der Waals surface area contributed by atoms with E-state index in [2.05, 4.69) is 34.3 Å². The van der Waals surface area contributed by atoms with E-state index >= 15 is 0 Å². The van der Waals surface area contributed by atoms with Gasteiger partial charge >= 0.3 is 0 Å². The van der Waals surface area contributed by atoms with Gasteiger partial charge in [-0.15, -0.1) is 0 Å². The Bertz CT molecular complexity index is 90.2. The normalized spacial score (nSPS) is 13.9. The Balaban J connectivity index is 3.50. The summed E-state index contributed by atoms with van der Waals surface area (Å²) in [6.07, 6.45) is 1.27. The van der Waals surface area contributed by atoms with Gasteiger partial charge in [-0.3, -0.25) is 0 Å². The zero-order chi connectivity index (χ0) is 7.44.